The lowest BCUT2D eigenvalue weighted by Gasteiger charge is -2.44. The second-order valence-electron chi connectivity index (χ2n) is 14.5. The molecule has 3 nitrogen and oxygen atoms in total. The molecule has 0 amide bonds. The highest BCUT2D eigenvalue weighted by atomic mass is 32.1. The van der Waals surface area contributed by atoms with Gasteiger partial charge in [0.25, 0.3) is 0 Å². The van der Waals surface area contributed by atoms with E-state index in [0.29, 0.717) is 19.3 Å². The molecule has 0 saturated carbocycles. The van der Waals surface area contributed by atoms with Gasteiger partial charge in [0, 0.05) is 5.92 Å². The Morgan fingerprint density at radius 1 is 0.448 bits per heavy atom. The van der Waals surface area contributed by atoms with Crippen LogP contribution < -0.4 is 0 Å². The van der Waals surface area contributed by atoms with Crippen LogP contribution in [-0.4, -0.2) is 77.5 Å². The number of alkyl halides is 23. The fourth-order valence-corrected chi connectivity index (χ4v) is 6.03. The minimum atomic E-state index is -9.53. The number of unbranched alkanes of at least 4 members (excludes halogenated alkanes) is 2. The molecule has 0 aliphatic heterocycles. The summed E-state index contributed by atoms with van der Waals surface area (Å²) in [5.74, 6) is -94.4. The van der Waals surface area contributed by atoms with Crippen LogP contribution in [0.15, 0.2) is 95.9 Å². The molecule has 0 aliphatic rings. The Morgan fingerprint density at radius 3 is 1.10 bits per heavy atom. The van der Waals surface area contributed by atoms with Crippen LogP contribution in [0.1, 0.15) is 68.9 Å². The molecule has 0 N–H and O–H groups in total. The van der Waals surface area contributed by atoms with Gasteiger partial charge in [0.05, 0.1) is 0 Å². The van der Waals surface area contributed by atoms with Crippen LogP contribution in [0.4, 0.5) is 101 Å². The maximum Gasteiger partial charge on any atom is 0.460 e. The summed E-state index contributed by atoms with van der Waals surface area (Å²) in [5.41, 5.74) is 1.83. The minimum Gasteiger partial charge on any atom is -0.291 e. The monoisotopic (exact) mass is 1030 g/mol. The van der Waals surface area contributed by atoms with Crippen molar-refractivity contribution in [3.63, 3.8) is 0 Å². The number of carbonyl (C=O) groups is 1. The van der Waals surface area contributed by atoms with Gasteiger partial charge in [-0.25, -0.2) is 4.79 Å². The Morgan fingerprint density at radius 2 is 0.776 bits per heavy atom. The van der Waals surface area contributed by atoms with Crippen molar-refractivity contribution in [3.05, 3.63) is 102 Å². The van der Waals surface area contributed by atoms with Crippen LogP contribution in [0.5, 0.6) is 0 Å². The van der Waals surface area contributed by atoms with Gasteiger partial charge in [-0.1, -0.05) is 111 Å². The summed E-state index contributed by atoms with van der Waals surface area (Å²) < 4.78 is 315. The van der Waals surface area contributed by atoms with Crippen LogP contribution in [-0.2, 0) is 27.2 Å². The van der Waals surface area contributed by atoms with Crippen molar-refractivity contribution >= 4 is 18.6 Å². The zero-order valence-electron chi connectivity index (χ0n) is 33.7. The Kier molecular flexibility index (Phi) is 18.7. The molecule has 3 aromatic rings. The van der Waals surface area contributed by atoms with Gasteiger partial charge in [-0.15, -0.1) is 0 Å². The SMILES string of the molecule is CCCC(CCCCCC(c1ccccc1)c1ccccc1)OOC(=O)C(F)(F)C(F)(F)C(F)(F)C(F)(F)C(F)(F)C(F)(F)C(F)(F)C(F)(F)C(F)(F)C(F)(F)C(F)(F)F.[SH2+]c1ccccc1. The van der Waals surface area contributed by atoms with Crippen molar-refractivity contribution < 1.29 is 116 Å². The van der Waals surface area contributed by atoms with Gasteiger partial charge in [0.1, 0.15) is 11.0 Å². The summed E-state index contributed by atoms with van der Waals surface area (Å²) >= 11 is 3.36. The Labute approximate surface area is 370 Å². The van der Waals surface area contributed by atoms with Gasteiger partial charge < -0.3 is 0 Å². The maximum absolute atomic E-state index is 14.4. The van der Waals surface area contributed by atoms with Crippen molar-refractivity contribution in [3.8, 4) is 0 Å². The van der Waals surface area contributed by atoms with Crippen molar-refractivity contribution in [1.29, 1.82) is 0 Å². The van der Waals surface area contributed by atoms with E-state index in [2.05, 4.69) is 22.4 Å². The second kappa shape index (κ2) is 21.2. The van der Waals surface area contributed by atoms with Crippen LogP contribution in [0, 0.1) is 0 Å². The Bertz CT molecular complexity index is 1960. The molecule has 0 fully saturated rings. The molecule has 3 rings (SSSR count). The van der Waals surface area contributed by atoms with Gasteiger partial charge >= 0.3 is 71.4 Å². The average molecular weight is 1030 g/mol. The summed E-state index contributed by atoms with van der Waals surface area (Å²) in [5, 5.41) is 0. The predicted octanol–water partition coefficient (Wildman–Crippen LogP) is 14.4. The van der Waals surface area contributed by atoms with E-state index in [0.717, 1.165) is 16.0 Å². The zero-order valence-corrected chi connectivity index (χ0v) is 34.7. The lowest BCUT2D eigenvalue weighted by Crippen LogP contribution is -2.78. The predicted molar refractivity (Wildman–Crippen MR) is 194 cm³/mol. The molecule has 0 aliphatic carbocycles. The first-order valence-corrected chi connectivity index (χ1v) is 19.4. The van der Waals surface area contributed by atoms with Crippen molar-refractivity contribution in [2.24, 2.45) is 0 Å². The molecule has 67 heavy (non-hydrogen) atoms. The first kappa shape index (κ1) is 59.0. The third-order valence-corrected chi connectivity index (χ3v) is 10.1. The van der Waals surface area contributed by atoms with Gasteiger partial charge in [-0.3, -0.25) is 4.89 Å². The molecule has 0 spiro atoms. The van der Waals surface area contributed by atoms with Crippen LogP contribution in [0.25, 0.3) is 0 Å². The summed E-state index contributed by atoms with van der Waals surface area (Å²) in [4.78, 5) is 20.5. The summed E-state index contributed by atoms with van der Waals surface area (Å²) in [7, 11) is 0. The number of hydrogen-bond donors (Lipinski definition) is 0. The van der Waals surface area contributed by atoms with Crippen LogP contribution in [0.3, 0.4) is 0 Å². The molecule has 3 aromatic carbocycles. The first-order valence-electron chi connectivity index (χ1n) is 18.9. The molecule has 380 valence electrons. The lowest BCUT2D eigenvalue weighted by atomic mass is 9.85. The number of hydrogen-bond acceptors (Lipinski definition) is 3. The Balaban J connectivity index is 0.00000200. The summed E-state index contributed by atoms with van der Waals surface area (Å²) in [6, 6.07) is 28.0. The van der Waals surface area contributed by atoms with E-state index in [1.807, 2.05) is 54.6 Å². The Hall–Kier alpha value is -4.17. The first-order chi connectivity index (χ1) is 30.3. The van der Waals surface area contributed by atoms with E-state index >= 15 is 0 Å². The maximum atomic E-state index is 14.4. The lowest BCUT2D eigenvalue weighted by molar-refractivity contribution is -0.478. The van der Waals surface area contributed by atoms with Crippen molar-refractivity contribution in [2.45, 2.75) is 134 Å². The standard InChI is InChI=1S/C34H29F23O3.C6H6S/c1-2-12-21(17-10-5-11-18-22(19-13-6-3-7-14-19)20-15-8-4-9-16-20)59-60-23(58)24(35,36)25(37,38)26(39,40)27(41,42)28(43,44)29(45,46)30(47,48)31(49,50)32(51,52)33(53,54)34(55,56)57;7-6-4-2-1-3-5-6/h3-4,6-9,13-16,21-22H,2,5,10-12,17-18H2,1H3;1-5,7H/p+1. The van der Waals surface area contributed by atoms with Gasteiger partial charge in [0.2, 0.25) is 0 Å². The third-order valence-electron chi connectivity index (χ3n) is 9.73. The topological polar surface area (TPSA) is 35.5 Å². The van der Waals surface area contributed by atoms with E-state index in [9.17, 15) is 106 Å². The molecular formula is C40H36F23O3S+. The molecule has 1 atom stereocenters. The number of benzene rings is 3. The largest absolute Gasteiger partial charge is 0.460 e. The highest BCUT2D eigenvalue weighted by Gasteiger charge is 2.99. The molecule has 0 saturated heterocycles. The molecular weight excluding hydrogens is 997 g/mol. The van der Waals surface area contributed by atoms with Crippen molar-refractivity contribution in [2.75, 3.05) is 0 Å². The zero-order chi connectivity index (χ0) is 51.9. The number of rotatable bonds is 22. The number of halogens is 23. The van der Waals surface area contributed by atoms with Crippen LogP contribution in [0.2, 0.25) is 0 Å². The van der Waals surface area contributed by atoms with E-state index in [1.165, 1.54) is 6.92 Å². The molecule has 0 heterocycles. The average Bonchev–Trinajstić information content (AvgIpc) is 3.23. The second-order valence-corrected chi connectivity index (χ2v) is 15.1. The third kappa shape index (κ3) is 11.3. The normalized spacial score (nSPS) is 14.7. The fraction of sp³-hybridized carbons (Fsp3) is 0.525. The van der Waals surface area contributed by atoms with E-state index in [-0.39, 0.29) is 31.6 Å². The van der Waals surface area contributed by atoms with Crippen LogP contribution >= 0.6 is 0 Å². The van der Waals surface area contributed by atoms with Gasteiger partial charge in [-0.05, 0) is 55.2 Å². The van der Waals surface area contributed by atoms with Gasteiger partial charge in [0.15, 0.2) is 0 Å². The van der Waals surface area contributed by atoms with E-state index in [4.69, 9.17) is 0 Å². The quantitative estimate of drug-likeness (QED) is 0.0331. The molecule has 0 bridgehead atoms. The minimum absolute atomic E-state index is 0.00983. The van der Waals surface area contributed by atoms with Crippen molar-refractivity contribution in [1.82, 2.24) is 0 Å². The van der Waals surface area contributed by atoms with Gasteiger partial charge in [-0.2, -0.15) is 106 Å². The van der Waals surface area contributed by atoms with E-state index in [1.54, 1.807) is 36.4 Å². The highest BCUT2D eigenvalue weighted by Crippen LogP contribution is 2.67. The molecule has 27 heteroatoms. The highest BCUT2D eigenvalue weighted by molar-refractivity contribution is 7.58. The number of carbonyl (C=O) groups excluding carboxylic acids is 1. The molecule has 0 radical (unpaired) electrons. The summed E-state index contributed by atoms with van der Waals surface area (Å²) in [6.45, 7) is 1.37. The smallest absolute Gasteiger partial charge is 0.291 e. The molecule has 0 aromatic heterocycles. The summed E-state index contributed by atoms with van der Waals surface area (Å²) in [6.07, 6.45) is -9.01. The van der Waals surface area contributed by atoms with E-state index < -0.39 is 77.5 Å². The fourth-order valence-electron chi connectivity index (χ4n) is 5.84. The molecule has 1 unspecified atom stereocenters.